The molecule has 7 heteroatoms. The van der Waals surface area contributed by atoms with E-state index in [1.165, 1.54) is 0 Å². The number of esters is 1. The number of carbonyl (C=O) groups is 1. The van der Waals surface area contributed by atoms with Crippen LogP contribution in [0.2, 0.25) is 5.02 Å². The van der Waals surface area contributed by atoms with E-state index < -0.39 is 5.97 Å². The molecule has 0 saturated carbocycles. The summed E-state index contributed by atoms with van der Waals surface area (Å²) in [6.07, 6.45) is 0. The molecule has 0 bridgehead atoms. The SMILES string of the molecule is CCOC(=O)c1cc(C)n(Cc2cc(Cl)cc(Br)c2O)n1. The lowest BCUT2D eigenvalue weighted by atomic mass is 10.2. The fraction of sp³-hybridized carbons (Fsp3) is 0.286. The van der Waals surface area contributed by atoms with E-state index in [1.54, 1.807) is 29.8 Å². The lowest BCUT2D eigenvalue weighted by molar-refractivity contribution is 0.0518. The maximum absolute atomic E-state index is 11.7. The van der Waals surface area contributed by atoms with Crippen molar-refractivity contribution in [3.05, 3.63) is 44.6 Å². The smallest absolute Gasteiger partial charge is 0.358 e. The number of phenols is 1. The Bertz CT molecular complexity index is 685. The van der Waals surface area contributed by atoms with Gasteiger partial charge in [0, 0.05) is 16.3 Å². The summed E-state index contributed by atoms with van der Waals surface area (Å²) in [5.74, 6) is -0.358. The summed E-state index contributed by atoms with van der Waals surface area (Å²) in [4.78, 5) is 11.7. The van der Waals surface area contributed by atoms with Crippen molar-refractivity contribution < 1.29 is 14.6 Å². The first-order chi connectivity index (χ1) is 9.92. The second kappa shape index (κ2) is 6.49. The Morgan fingerprint density at radius 1 is 1.48 bits per heavy atom. The Morgan fingerprint density at radius 2 is 2.19 bits per heavy atom. The van der Waals surface area contributed by atoms with E-state index in [2.05, 4.69) is 21.0 Å². The first-order valence-corrected chi connectivity index (χ1v) is 7.48. The summed E-state index contributed by atoms with van der Waals surface area (Å²) in [7, 11) is 0. The third-order valence-electron chi connectivity index (χ3n) is 2.89. The molecule has 0 aliphatic carbocycles. The number of rotatable bonds is 4. The summed E-state index contributed by atoms with van der Waals surface area (Å²) in [5.41, 5.74) is 1.64. The van der Waals surface area contributed by atoms with Crippen molar-refractivity contribution in [1.82, 2.24) is 9.78 Å². The number of aryl methyl sites for hydroxylation is 1. The van der Waals surface area contributed by atoms with Crippen LogP contribution in [-0.2, 0) is 11.3 Å². The third kappa shape index (κ3) is 3.57. The molecular formula is C14H14BrClN2O3. The van der Waals surface area contributed by atoms with Gasteiger partial charge in [0.1, 0.15) is 5.75 Å². The highest BCUT2D eigenvalue weighted by molar-refractivity contribution is 9.10. The van der Waals surface area contributed by atoms with Crippen molar-refractivity contribution >= 4 is 33.5 Å². The second-order valence-corrected chi connectivity index (χ2v) is 5.74. The predicted octanol–water partition coefficient (Wildman–Crippen LogP) is 3.54. The molecule has 21 heavy (non-hydrogen) atoms. The highest BCUT2D eigenvalue weighted by atomic mass is 79.9. The summed E-state index contributed by atoms with van der Waals surface area (Å²) in [5, 5.41) is 14.7. The summed E-state index contributed by atoms with van der Waals surface area (Å²) >= 11 is 9.22. The lowest BCUT2D eigenvalue weighted by Gasteiger charge is -2.09. The number of nitrogens with zero attached hydrogens (tertiary/aromatic N) is 2. The van der Waals surface area contributed by atoms with Gasteiger partial charge in [-0.15, -0.1) is 0 Å². The van der Waals surface area contributed by atoms with E-state index in [4.69, 9.17) is 16.3 Å². The van der Waals surface area contributed by atoms with E-state index in [-0.39, 0.29) is 11.4 Å². The maximum Gasteiger partial charge on any atom is 0.358 e. The minimum atomic E-state index is -0.462. The molecule has 1 aromatic heterocycles. The van der Waals surface area contributed by atoms with Crippen molar-refractivity contribution in [2.24, 2.45) is 0 Å². The fourth-order valence-corrected chi connectivity index (χ4v) is 2.75. The molecule has 112 valence electrons. The van der Waals surface area contributed by atoms with Crippen molar-refractivity contribution in [3.8, 4) is 5.75 Å². The standard InChI is InChI=1S/C14H14BrClN2O3/c1-3-21-14(20)12-4-8(2)18(17-12)7-9-5-10(16)6-11(15)13(9)19/h4-6,19H,3,7H2,1-2H3. The Balaban J connectivity index is 2.30. The minimum absolute atomic E-state index is 0.104. The van der Waals surface area contributed by atoms with Crippen LogP contribution in [0.5, 0.6) is 5.75 Å². The fourth-order valence-electron chi connectivity index (χ4n) is 1.88. The molecule has 0 amide bonds. The number of hydrogen-bond donors (Lipinski definition) is 1. The van der Waals surface area contributed by atoms with Gasteiger partial charge in [-0.25, -0.2) is 4.79 Å². The number of aromatic hydroxyl groups is 1. The topological polar surface area (TPSA) is 64.3 Å². The number of halogens is 2. The first-order valence-electron chi connectivity index (χ1n) is 6.30. The van der Waals surface area contributed by atoms with Gasteiger partial charge in [-0.3, -0.25) is 4.68 Å². The van der Waals surface area contributed by atoms with Crippen LogP contribution < -0.4 is 0 Å². The highest BCUT2D eigenvalue weighted by Gasteiger charge is 2.15. The zero-order chi connectivity index (χ0) is 15.6. The van der Waals surface area contributed by atoms with Gasteiger partial charge in [-0.2, -0.15) is 5.10 Å². The molecule has 0 fully saturated rings. The Morgan fingerprint density at radius 3 is 2.86 bits per heavy atom. The number of aromatic nitrogens is 2. The van der Waals surface area contributed by atoms with Crippen LogP contribution in [0.25, 0.3) is 0 Å². The molecule has 0 atom stereocenters. The Labute approximate surface area is 135 Å². The highest BCUT2D eigenvalue weighted by Crippen LogP contribution is 2.32. The molecule has 1 N–H and O–H groups in total. The van der Waals surface area contributed by atoms with Crippen LogP contribution in [0, 0.1) is 6.92 Å². The van der Waals surface area contributed by atoms with Gasteiger partial charge in [-0.1, -0.05) is 11.6 Å². The van der Waals surface area contributed by atoms with Crippen molar-refractivity contribution in [3.63, 3.8) is 0 Å². The molecule has 2 aromatic rings. The van der Waals surface area contributed by atoms with Gasteiger partial charge in [0.05, 0.1) is 17.6 Å². The normalized spacial score (nSPS) is 10.7. The molecule has 0 saturated heterocycles. The van der Waals surface area contributed by atoms with Crippen LogP contribution in [0.15, 0.2) is 22.7 Å². The largest absolute Gasteiger partial charge is 0.506 e. The van der Waals surface area contributed by atoms with E-state index in [1.807, 2.05) is 6.92 Å². The Hall–Kier alpha value is -1.53. The van der Waals surface area contributed by atoms with Gasteiger partial charge in [0.15, 0.2) is 5.69 Å². The minimum Gasteiger partial charge on any atom is -0.506 e. The molecule has 1 heterocycles. The number of benzene rings is 1. The third-order valence-corrected chi connectivity index (χ3v) is 3.72. The van der Waals surface area contributed by atoms with Gasteiger partial charge < -0.3 is 9.84 Å². The molecule has 5 nitrogen and oxygen atoms in total. The van der Waals surface area contributed by atoms with Crippen molar-refractivity contribution in [1.29, 1.82) is 0 Å². The predicted molar refractivity (Wildman–Crippen MR) is 82.8 cm³/mol. The van der Waals surface area contributed by atoms with Crippen molar-refractivity contribution in [2.75, 3.05) is 6.61 Å². The second-order valence-electron chi connectivity index (χ2n) is 4.44. The maximum atomic E-state index is 11.7. The lowest BCUT2D eigenvalue weighted by Crippen LogP contribution is -2.08. The molecular weight excluding hydrogens is 360 g/mol. The van der Waals surface area contributed by atoms with Crippen LogP contribution in [0.3, 0.4) is 0 Å². The van der Waals surface area contributed by atoms with Gasteiger partial charge >= 0.3 is 5.97 Å². The van der Waals surface area contributed by atoms with E-state index in [0.29, 0.717) is 28.2 Å². The molecule has 0 radical (unpaired) electrons. The Kier molecular flexibility index (Phi) is 4.90. The molecule has 0 aliphatic rings. The van der Waals surface area contributed by atoms with Crippen LogP contribution in [0.1, 0.15) is 28.7 Å². The quantitative estimate of drug-likeness (QED) is 0.833. The number of ether oxygens (including phenoxy) is 1. The molecule has 1 aromatic carbocycles. The number of hydrogen-bond acceptors (Lipinski definition) is 4. The van der Waals surface area contributed by atoms with Crippen molar-refractivity contribution in [2.45, 2.75) is 20.4 Å². The average Bonchev–Trinajstić information content (AvgIpc) is 2.77. The van der Waals surface area contributed by atoms with Crippen LogP contribution >= 0.6 is 27.5 Å². The summed E-state index contributed by atoms with van der Waals surface area (Å²) in [6.45, 7) is 4.17. The molecule has 0 aliphatic heterocycles. The van der Waals surface area contributed by atoms with E-state index >= 15 is 0 Å². The zero-order valence-corrected chi connectivity index (χ0v) is 13.9. The van der Waals surface area contributed by atoms with Crippen LogP contribution in [-0.4, -0.2) is 27.5 Å². The number of carbonyl (C=O) groups excluding carboxylic acids is 1. The average molecular weight is 374 g/mol. The number of phenolic OH excluding ortho intramolecular Hbond substituents is 1. The molecule has 0 unspecified atom stereocenters. The summed E-state index contributed by atoms with van der Waals surface area (Å²) < 4.78 is 7.05. The van der Waals surface area contributed by atoms with E-state index in [0.717, 1.165) is 5.69 Å². The molecule has 2 rings (SSSR count). The zero-order valence-electron chi connectivity index (χ0n) is 11.6. The van der Waals surface area contributed by atoms with Crippen LogP contribution in [0.4, 0.5) is 0 Å². The van der Waals surface area contributed by atoms with Gasteiger partial charge in [0.2, 0.25) is 0 Å². The van der Waals surface area contributed by atoms with Gasteiger partial charge in [-0.05, 0) is 48.0 Å². The molecule has 0 spiro atoms. The van der Waals surface area contributed by atoms with E-state index in [9.17, 15) is 9.90 Å². The van der Waals surface area contributed by atoms with Gasteiger partial charge in [0.25, 0.3) is 0 Å². The first kappa shape index (κ1) is 15.9. The monoisotopic (exact) mass is 372 g/mol. The summed E-state index contributed by atoms with van der Waals surface area (Å²) in [6, 6.07) is 4.92.